The number of H-pyrrole nitrogens is 1. The van der Waals surface area contributed by atoms with Crippen LogP contribution in [0.3, 0.4) is 0 Å². The molecule has 1 saturated carbocycles. The van der Waals surface area contributed by atoms with Crippen LogP contribution in [0.1, 0.15) is 61.6 Å². The molecule has 0 radical (unpaired) electrons. The molecule has 2 amide bonds. The maximum atomic E-state index is 13.4. The van der Waals surface area contributed by atoms with Crippen LogP contribution in [0.2, 0.25) is 0 Å². The van der Waals surface area contributed by atoms with Gasteiger partial charge >= 0.3 is 6.09 Å². The van der Waals surface area contributed by atoms with Crippen LogP contribution >= 0.6 is 0 Å². The first-order chi connectivity index (χ1) is 17.6. The van der Waals surface area contributed by atoms with E-state index in [-0.39, 0.29) is 13.0 Å². The summed E-state index contributed by atoms with van der Waals surface area (Å²) in [4.78, 5) is 33.1. The predicted molar refractivity (Wildman–Crippen MR) is 133 cm³/mol. The molecule has 9 nitrogen and oxygen atoms in total. The minimum atomic E-state index is -0.998. The van der Waals surface area contributed by atoms with Crippen LogP contribution in [0.25, 0.3) is 0 Å². The molecule has 36 heavy (non-hydrogen) atoms. The smallest absolute Gasteiger partial charge is 0.408 e. The number of carbonyl (C=O) groups excluding carboxylic acids is 2. The molecule has 0 saturated heterocycles. The third-order valence-corrected chi connectivity index (χ3v) is 6.64. The van der Waals surface area contributed by atoms with E-state index in [9.17, 15) is 14.7 Å². The van der Waals surface area contributed by atoms with Gasteiger partial charge in [-0.15, -0.1) is 0 Å². The third-order valence-electron chi connectivity index (χ3n) is 6.64. The van der Waals surface area contributed by atoms with Crippen LogP contribution < -0.4 is 10.6 Å². The Balaban J connectivity index is 1.44. The minimum Gasteiger partial charge on any atom is -0.467 e. The highest BCUT2D eigenvalue weighted by Gasteiger charge is 2.32. The molecular weight excluding hydrogens is 460 g/mol. The summed E-state index contributed by atoms with van der Waals surface area (Å²) >= 11 is 0. The van der Waals surface area contributed by atoms with Crippen LogP contribution in [-0.2, 0) is 22.6 Å². The summed E-state index contributed by atoms with van der Waals surface area (Å²) in [6, 6.07) is 11.2. The van der Waals surface area contributed by atoms with Crippen molar-refractivity contribution in [1.29, 1.82) is 0 Å². The number of hydrogen-bond acceptors (Lipinski definition) is 6. The van der Waals surface area contributed by atoms with E-state index in [1.807, 2.05) is 30.3 Å². The predicted octanol–water partition coefficient (Wildman–Crippen LogP) is 4.03. The Morgan fingerprint density at radius 1 is 1.11 bits per heavy atom. The number of imidazole rings is 1. The molecule has 0 unspecified atom stereocenters. The SMILES string of the molecule is O=C(N[C@@H](Cc1c[nH]cn1)C(=O)N[C@@H](CC1CCCCC1)[C@@H](O)c1ccco1)OCc1ccccc1. The molecule has 1 aliphatic carbocycles. The zero-order chi connectivity index (χ0) is 25.2. The van der Waals surface area contributed by atoms with Gasteiger partial charge in [0.15, 0.2) is 0 Å². The normalized spacial score (nSPS) is 16.6. The van der Waals surface area contributed by atoms with Gasteiger partial charge in [0.05, 0.1) is 24.3 Å². The first-order valence-corrected chi connectivity index (χ1v) is 12.5. The van der Waals surface area contributed by atoms with E-state index in [2.05, 4.69) is 20.6 Å². The van der Waals surface area contributed by atoms with Crippen molar-refractivity contribution in [2.24, 2.45) is 5.92 Å². The first-order valence-electron chi connectivity index (χ1n) is 12.5. The number of carbonyl (C=O) groups is 2. The summed E-state index contributed by atoms with van der Waals surface area (Å²) in [5, 5.41) is 16.7. The molecule has 0 aliphatic heterocycles. The molecule has 4 rings (SSSR count). The number of benzene rings is 1. The Hall–Kier alpha value is -3.59. The van der Waals surface area contributed by atoms with Gasteiger partial charge in [0.2, 0.25) is 5.91 Å². The second kappa shape index (κ2) is 12.9. The number of aliphatic hydroxyl groups excluding tert-OH is 1. The number of amides is 2. The Morgan fingerprint density at radius 2 is 1.92 bits per heavy atom. The Labute approximate surface area is 210 Å². The van der Waals surface area contributed by atoms with Gasteiger partial charge in [-0.2, -0.15) is 0 Å². The van der Waals surface area contributed by atoms with Crippen LogP contribution in [0.5, 0.6) is 0 Å². The van der Waals surface area contributed by atoms with Crippen LogP contribution in [-0.4, -0.2) is 39.2 Å². The summed E-state index contributed by atoms with van der Waals surface area (Å²) in [6.45, 7) is 0.0882. The molecule has 1 aromatic carbocycles. The van der Waals surface area contributed by atoms with E-state index in [1.165, 1.54) is 19.0 Å². The van der Waals surface area contributed by atoms with Crippen molar-refractivity contribution in [1.82, 2.24) is 20.6 Å². The fourth-order valence-electron chi connectivity index (χ4n) is 4.72. The third kappa shape index (κ3) is 7.45. The van der Waals surface area contributed by atoms with Crippen LogP contribution in [0.4, 0.5) is 4.79 Å². The van der Waals surface area contributed by atoms with Gasteiger partial charge in [-0.3, -0.25) is 4.79 Å². The molecule has 1 fully saturated rings. The van der Waals surface area contributed by atoms with Crippen molar-refractivity contribution in [3.63, 3.8) is 0 Å². The summed E-state index contributed by atoms with van der Waals surface area (Å²) in [5.41, 5.74) is 1.46. The number of hydrogen-bond donors (Lipinski definition) is 4. The lowest BCUT2D eigenvalue weighted by atomic mass is 9.83. The number of alkyl carbamates (subject to hydrolysis) is 1. The fourth-order valence-corrected chi connectivity index (χ4v) is 4.72. The lowest BCUT2D eigenvalue weighted by Crippen LogP contribution is -2.52. The van der Waals surface area contributed by atoms with Gasteiger partial charge in [0.25, 0.3) is 0 Å². The molecule has 192 valence electrons. The highest BCUT2D eigenvalue weighted by Crippen LogP contribution is 2.31. The zero-order valence-electron chi connectivity index (χ0n) is 20.3. The average molecular weight is 495 g/mol. The molecule has 2 aromatic heterocycles. The summed E-state index contributed by atoms with van der Waals surface area (Å²) in [5.74, 6) is 0.388. The molecule has 3 atom stereocenters. The molecule has 0 spiro atoms. The first kappa shape index (κ1) is 25.5. The van der Waals surface area contributed by atoms with Gasteiger partial charge in [-0.1, -0.05) is 62.4 Å². The molecule has 9 heteroatoms. The number of nitrogens with one attached hydrogen (secondary N) is 3. The van der Waals surface area contributed by atoms with E-state index in [4.69, 9.17) is 9.15 Å². The Kier molecular flexibility index (Phi) is 9.15. The second-order valence-corrected chi connectivity index (χ2v) is 9.34. The summed E-state index contributed by atoms with van der Waals surface area (Å²) in [6.07, 6.45) is 9.45. The Morgan fingerprint density at radius 3 is 2.61 bits per heavy atom. The number of ether oxygens (including phenoxy) is 1. The topological polar surface area (TPSA) is 129 Å². The van der Waals surface area contributed by atoms with Gasteiger partial charge < -0.3 is 29.9 Å². The van der Waals surface area contributed by atoms with Crippen molar-refractivity contribution in [3.8, 4) is 0 Å². The number of furan rings is 1. The van der Waals surface area contributed by atoms with Crippen LogP contribution in [0, 0.1) is 5.92 Å². The number of rotatable bonds is 11. The second-order valence-electron chi connectivity index (χ2n) is 9.34. The quantitative estimate of drug-likeness (QED) is 0.319. The minimum absolute atomic E-state index is 0.0882. The molecule has 3 aromatic rings. The van der Waals surface area contributed by atoms with Gasteiger partial charge in [-0.25, -0.2) is 9.78 Å². The highest BCUT2D eigenvalue weighted by atomic mass is 16.5. The summed E-state index contributed by atoms with van der Waals surface area (Å²) < 4.78 is 10.8. The van der Waals surface area contributed by atoms with E-state index in [1.54, 1.807) is 18.3 Å². The highest BCUT2D eigenvalue weighted by molar-refractivity contribution is 5.86. The van der Waals surface area contributed by atoms with Crippen molar-refractivity contribution >= 4 is 12.0 Å². The lowest BCUT2D eigenvalue weighted by molar-refractivity contribution is -0.125. The summed E-state index contributed by atoms with van der Waals surface area (Å²) in [7, 11) is 0. The molecule has 0 bridgehead atoms. The number of aromatic amines is 1. The van der Waals surface area contributed by atoms with Crippen molar-refractivity contribution in [2.45, 2.75) is 69.7 Å². The molecular formula is C27H34N4O5. The molecule has 1 aliphatic rings. The maximum Gasteiger partial charge on any atom is 0.408 e. The van der Waals surface area contributed by atoms with Gasteiger partial charge in [0.1, 0.15) is 24.5 Å². The number of aliphatic hydroxyl groups is 1. The standard InChI is InChI=1S/C27H34N4O5/c32-25(24-12-7-13-35-24)22(14-19-8-3-1-4-9-19)30-26(33)23(15-21-16-28-18-29-21)31-27(34)36-17-20-10-5-2-6-11-20/h2,5-7,10-13,16,18-19,22-23,25,32H,1,3-4,8-9,14-15,17H2,(H,28,29)(H,30,33)(H,31,34)/t22-,23-,25+/m0/s1. The fraction of sp³-hybridized carbons (Fsp3) is 0.444. The number of nitrogens with zero attached hydrogens (tertiary/aromatic N) is 1. The average Bonchev–Trinajstić information content (AvgIpc) is 3.62. The van der Waals surface area contributed by atoms with Crippen molar-refractivity contribution in [3.05, 3.63) is 78.3 Å². The Bertz CT molecular complexity index is 1050. The van der Waals surface area contributed by atoms with Crippen molar-refractivity contribution < 1.29 is 23.8 Å². The lowest BCUT2D eigenvalue weighted by Gasteiger charge is -2.30. The molecule has 4 N–H and O–H groups in total. The van der Waals surface area contributed by atoms with Gasteiger partial charge in [-0.05, 0) is 30.0 Å². The van der Waals surface area contributed by atoms with Crippen LogP contribution in [0.15, 0.2) is 65.7 Å². The van der Waals surface area contributed by atoms with E-state index < -0.39 is 30.2 Å². The zero-order valence-corrected chi connectivity index (χ0v) is 20.3. The maximum absolute atomic E-state index is 13.4. The van der Waals surface area contributed by atoms with Gasteiger partial charge in [0, 0.05) is 12.6 Å². The largest absolute Gasteiger partial charge is 0.467 e. The van der Waals surface area contributed by atoms with E-state index >= 15 is 0 Å². The number of aromatic nitrogens is 2. The van der Waals surface area contributed by atoms with Crippen molar-refractivity contribution in [2.75, 3.05) is 0 Å². The van der Waals surface area contributed by atoms with E-state index in [0.717, 1.165) is 31.2 Å². The monoisotopic (exact) mass is 494 g/mol. The van der Waals surface area contributed by atoms with E-state index in [0.29, 0.717) is 23.8 Å². The molecule has 2 heterocycles.